The molecule has 3 rings (SSSR count). The number of rotatable bonds is 2. The Morgan fingerprint density at radius 3 is 2.60 bits per heavy atom. The van der Waals surface area contributed by atoms with E-state index in [1.54, 1.807) is 0 Å². The smallest absolute Gasteiger partial charge is 0.0504 e. The largest absolute Gasteiger partial charge is 0.371 e. The number of hydrogen-bond donors (Lipinski definition) is 0. The molecule has 0 saturated carbocycles. The fraction of sp³-hybridized carbons (Fsp3) is 0.333. The van der Waals surface area contributed by atoms with Gasteiger partial charge in [0, 0.05) is 23.2 Å². The predicted octanol–water partition coefficient (Wildman–Crippen LogP) is 5.14. The molecule has 2 aromatic carbocycles. The van der Waals surface area contributed by atoms with Crippen LogP contribution in [0.4, 0.5) is 5.69 Å². The zero-order valence-electron chi connectivity index (χ0n) is 12.0. The second-order valence-electron chi connectivity index (χ2n) is 5.21. The van der Waals surface area contributed by atoms with Crippen LogP contribution in [0.1, 0.15) is 30.6 Å². The number of thioether (sulfide) groups is 1. The third-order valence-corrected chi connectivity index (χ3v) is 5.31. The zero-order valence-corrected chi connectivity index (χ0v) is 12.8. The molecule has 2 aromatic rings. The Labute approximate surface area is 126 Å². The van der Waals surface area contributed by atoms with Crippen molar-refractivity contribution in [3.63, 3.8) is 0 Å². The molecule has 1 nitrogen and oxygen atoms in total. The molecule has 0 aromatic heterocycles. The van der Waals surface area contributed by atoms with Gasteiger partial charge in [0.1, 0.15) is 0 Å². The highest BCUT2D eigenvalue weighted by atomic mass is 32.2. The van der Waals surface area contributed by atoms with Crippen LogP contribution in [0.5, 0.6) is 0 Å². The average Bonchev–Trinajstić information content (AvgIpc) is 2.49. The summed E-state index contributed by atoms with van der Waals surface area (Å²) < 4.78 is 0. The molecule has 1 heterocycles. The molecular formula is C18H21NS. The molecule has 104 valence electrons. The van der Waals surface area contributed by atoms with E-state index in [9.17, 15) is 0 Å². The lowest BCUT2D eigenvalue weighted by atomic mass is 10.1. The summed E-state index contributed by atoms with van der Waals surface area (Å²) in [7, 11) is 0. The van der Waals surface area contributed by atoms with Gasteiger partial charge in [0.15, 0.2) is 0 Å². The maximum Gasteiger partial charge on any atom is 0.0504 e. The van der Waals surface area contributed by atoms with Crippen molar-refractivity contribution in [3.05, 3.63) is 60.2 Å². The molecule has 0 fully saturated rings. The number of hydrogen-bond acceptors (Lipinski definition) is 2. The van der Waals surface area contributed by atoms with E-state index in [1.807, 2.05) is 11.8 Å². The summed E-state index contributed by atoms with van der Waals surface area (Å²) in [5, 5.41) is 0.580. The van der Waals surface area contributed by atoms with Crippen LogP contribution in [-0.4, -0.2) is 13.1 Å². The van der Waals surface area contributed by atoms with Crippen LogP contribution in [0, 0.1) is 0 Å². The molecular weight excluding hydrogens is 262 g/mol. The van der Waals surface area contributed by atoms with E-state index in [4.69, 9.17) is 0 Å². The summed E-state index contributed by atoms with van der Waals surface area (Å²) in [6, 6.07) is 19.8. The van der Waals surface area contributed by atoms with Crippen LogP contribution in [-0.2, 0) is 0 Å². The first-order valence-electron chi connectivity index (χ1n) is 7.44. The van der Waals surface area contributed by atoms with Gasteiger partial charge in [-0.1, -0.05) is 42.5 Å². The van der Waals surface area contributed by atoms with Crippen LogP contribution in [0.25, 0.3) is 0 Å². The summed E-state index contributed by atoms with van der Waals surface area (Å²) in [5.74, 6) is 0. The van der Waals surface area contributed by atoms with Crippen molar-refractivity contribution in [2.75, 3.05) is 18.0 Å². The molecule has 0 radical (unpaired) electrons. The minimum Gasteiger partial charge on any atom is -0.371 e. The van der Waals surface area contributed by atoms with E-state index < -0.39 is 0 Å². The number of nitrogens with zero attached hydrogens (tertiary/aromatic N) is 1. The van der Waals surface area contributed by atoms with Crippen molar-refractivity contribution in [2.24, 2.45) is 0 Å². The third kappa shape index (κ3) is 2.85. The van der Waals surface area contributed by atoms with Gasteiger partial charge in [-0.3, -0.25) is 0 Å². The quantitative estimate of drug-likeness (QED) is 0.750. The highest BCUT2D eigenvalue weighted by molar-refractivity contribution is 7.99. The summed E-state index contributed by atoms with van der Waals surface area (Å²) in [6.07, 6.45) is 2.51. The first kappa shape index (κ1) is 13.6. The van der Waals surface area contributed by atoms with Crippen LogP contribution >= 0.6 is 11.8 Å². The molecule has 0 bridgehead atoms. The SMILES string of the molecule is CCN1CCCC(c2ccccc2)Sc2ccccc21. The first-order chi connectivity index (χ1) is 9.88. The first-order valence-corrected chi connectivity index (χ1v) is 8.32. The van der Waals surface area contributed by atoms with Gasteiger partial charge in [0.25, 0.3) is 0 Å². The Balaban J connectivity index is 1.93. The van der Waals surface area contributed by atoms with Gasteiger partial charge in [-0.15, -0.1) is 11.8 Å². The maximum absolute atomic E-state index is 2.50. The highest BCUT2D eigenvalue weighted by Gasteiger charge is 2.20. The maximum atomic E-state index is 2.50. The van der Waals surface area contributed by atoms with Crippen molar-refractivity contribution < 1.29 is 0 Å². The molecule has 0 aliphatic carbocycles. The highest BCUT2D eigenvalue weighted by Crippen LogP contribution is 2.44. The number of benzene rings is 2. The van der Waals surface area contributed by atoms with Crippen molar-refractivity contribution in [1.82, 2.24) is 0 Å². The van der Waals surface area contributed by atoms with Gasteiger partial charge in [0.2, 0.25) is 0 Å². The summed E-state index contributed by atoms with van der Waals surface area (Å²) in [6.45, 7) is 4.50. The normalized spacial score (nSPS) is 19.1. The van der Waals surface area contributed by atoms with E-state index in [1.165, 1.54) is 29.0 Å². The van der Waals surface area contributed by atoms with E-state index in [0.29, 0.717) is 5.25 Å². The standard InChI is InChI=1S/C18H21NS/c1-2-19-14-8-13-17(15-9-4-3-5-10-15)20-18-12-7-6-11-16(18)19/h3-7,9-12,17H,2,8,13-14H2,1H3. The Kier molecular flexibility index (Phi) is 4.31. The molecule has 0 saturated heterocycles. The third-order valence-electron chi connectivity index (χ3n) is 3.92. The molecule has 1 atom stereocenters. The van der Waals surface area contributed by atoms with Crippen molar-refractivity contribution in [3.8, 4) is 0 Å². The number of anilines is 1. The summed E-state index contributed by atoms with van der Waals surface area (Å²) in [4.78, 5) is 3.92. The van der Waals surface area contributed by atoms with E-state index in [-0.39, 0.29) is 0 Å². The Morgan fingerprint density at radius 1 is 1.05 bits per heavy atom. The molecule has 0 spiro atoms. The van der Waals surface area contributed by atoms with Crippen molar-refractivity contribution >= 4 is 17.4 Å². The molecule has 2 heteroatoms. The van der Waals surface area contributed by atoms with Crippen LogP contribution in [0.2, 0.25) is 0 Å². The van der Waals surface area contributed by atoms with Gasteiger partial charge in [-0.25, -0.2) is 0 Å². The van der Waals surface area contributed by atoms with Gasteiger partial charge in [-0.2, -0.15) is 0 Å². The summed E-state index contributed by atoms with van der Waals surface area (Å²) in [5.41, 5.74) is 2.86. The number of para-hydroxylation sites is 1. The van der Waals surface area contributed by atoms with Gasteiger partial charge >= 0.3 is 0 Å². The lowest BCUT2D eigenvalue weighted by molar-refractivity contribution is 0.678. The fourth-order valence-corrected chi connectivity index (χ4v) is 4.21. The van der Waals surface area contributed by atoms with E-state index in [2.05, 4.69) is 66.4 Å². The molecule has 1 aliphatic rings. The zero-order chi connectivity index (χ0) is 13.8. The van der Waals surface area contributed by atoms with E-state index >= 15 is 0 Å². The van der Waals surface area contributed by atoms with Crippen LogP contribution in [0.15, 0.2) is 59.5 Å². The van der Waals surface area contributed by atoms with Crippen molar-refractivity contribution in [1.29, 1.82) is 0 Å². The van der Waals surface area contributed by atoms with Gasteiger partial charge in [0.05, 0.1) is 5.69 Å². The topological polar surface area (TPSA) is 3.24 Å². The Morgan fingerprint density at radius 2 is 1.80 bits per heavy atom. The second-order valence-corrected chi connectivity index (χ2v) is 6.45. The van der Waals surface area contributed by atoms with Crippen LogP contribution < -0.4 is 4.90 Å². The lowest BCUT2D eigenvalue weighted by Gasteiger charge is -2.30. The molecule has 20 heavy (non-hydrogen) atoms. The fourth-order valence-electron chi connectivity index (χ4n) is 2.85. The summed E-state index contributed by atoms with van der Waals surface area (Å²) >= 11 is 2.02. The molecule has 0 N–H and O–H groups in total. The Hall–Kier alpha value is -1.41. The Bertz CT molecular complexity index is 552. The van der Waals surface area contributed by atoms with Crippen molar-refractivity contribution in [2.45, 2.75) is 29.9 Å². The van der Waals surface area contributed by atoms with Gasteiger partial charge in [-0.05, 0) is 37.5 Å². The molecule has 1 unspecified atom stereocenters. The molecule has 1 aliphatic heterocycles. The second kappa shape index (κ2) is 6.36. The van der Waals surface area contributed by atoms with Crippen LogP contribution in [0.3, 0.4) is 0 Å². The average molecular weight is 283 g/mol. The minimum absolute atomic E-state index is 0.580. The predicted molar refractivity (Wildman–Crippen MR) is 88.6 cm³/mol. The number of fused-ring (bicyclic) bond motifs is 1. The van der Waals surface area contributed by atoms with Gasteiger partial charge < -0.3 is 4.90 Å². The van der Waals surface area contributed by atoms with E-state index in [0.717, 1.165) is 13.1 Å². The monoisotopic (exact) mass is 283 g/mol. The lowest BCUT2D eigenvalue weighted by Crippen LogP contribution is -2.25. The minimum atomic E-state index is 0.580. The molecule has 0 amide bonds.